The van der Waals surface area contributed by atoms with Crippen molar-refractivity contribution < 1.29 is 4.79 Å². The van der Waals surface area contributed by atoms with E-state index in [1.165, 1.54) is 58.0 Å². The number of carbonyl (C=O) groups is 1. The van der Waals surface area contributed by atoms with Gasteiger partial charge in [0, 0.05) is 42.7 Å². The van der Waals surface area contributed by atoms with Gasteiger partial charge in [0.15, 0.2) is 5.78 Å². The van der Waals surface area contributed by atoms with Crippen molar-refractivity contribution >= 4 is 11.7 Å². The van der Waals surface area contributed by atoms with Gasteiger partial charge in [-0.25, -0.2) is 9.97 Å². The molecular weight excluding hydrogens is 372 g/mol. The Hall–Kier alpha value is -2.27. The third-order valence-electron chi connectivity index (χ3n) is 7.82. The maximum Gasteiger partial charge on any atom is 0.225 e. The molecule has 5 nitrogen and oxygen atoms in total. The van der Waals surface area contributed by atoms with Gasteiger partial charge in [0.2, 0.25) is 5.95 Å². The summed E-state index contributed by atoms with van der Waals surface area (Å²) in [6, 6.07) is 8.57. The van der Waals surface area contributed by atoms with E-state index in [-0.39, 0.29) is 5.78 Å². The fourth-order valence-corrected chi connectivity index (χ4v) is 5.33. The molecule has 1 aliphatic carbocycles. The molecule has 1 spiro atoms. The van der Waals surface area contributed by atoms with Gasteiger partial charge in [-0.3, -0.25) is 4.79 Å². The van der Waals surface area contributed by atoms with Crippen LogP contribution >= 0.6 is 0 Å². The van der Waals surface area contributed by atoms with E-state index in [1.54, 1.807) is 6.92 Å². The molecular formula is C25H32N4O. The van der Waals surface area contributed by atoms with E-state index in [9.17, 15) is 4.79 Å². The Kier molecular flexibility index (Phi) is 5.32. The van der Waals surface area contributed by atoms with Gasteiger partial charge in [0.05, 0.1) is 0 Å². The van der Waals surface area contributed by atoms with E-state index in [0.717, 1.165) is 41.8 Å². The largest absolute Gasteiger partial charge is 0.341 e. The molecule has 0 amide bonds. The first-order chi connectivity index (χ1) is 14.6. The van der Waals surface area contributed by atoms with Gasteiger partial charge >= 0.3 is 0 Å². The van der Waals surface area contributed by atoms with Crippen molar-refractivity contribution in [1.29, 1.82) is 0 Å². The van der Waals surface area contributed by atoms with Crippen LogP contribution in [0.1, 0.15) is 62.2 Å². The number of likely N-dealkylation sites (tertiary alicyclic amines) is 1. The first kappa shape index (κ1) is 19.7. The molecule has 3 heterocycles. The number of benzene rings is 1. The van der Waals surface area contributed by atoms with Gasteiger partial charge in [0.25, 0.3) is 0 Å². The summed E-state index contributed by atoms with van der Waals surface area (Å²) < 4.78 is 0. The lowest BCUT2D eigenvalue weighted by molar-refractivity contribution is 0.0304. The van der Waals surface area contributed by atoms with Crippen LogP contribution in [0.5, 0.6) is 0 Å². The lowest BCUT2D eigenvalue weighted by Gasteiger charge is -2.49. The molecule has 0 N–H and O–H groups in total. The highest BCUT2D eigenvalue weighted by Crippen LogP contribution is 2.43. The van der Waals surface area contributed by atoms with E-state index >= 15 is 0 Å². The average Bonchev–Trinajstić information content (AvgIpc) is 2.75. The summed E-state index contributed by atoms with van der Waals surface area (Å²) in [6.07, 6.45) is 13.4. The van der Waals surface area contributed by atoms with Crippen molar-refractivity contribution in [3.63, 3.8) is 0 Å². The topological polar surface area (TPSA) is 49.3 Å². The predicted molar refractivity (Wildman–Crippen MR) is 120 cm³/mol. The highest BCUT2D eigenvalue weighted by atomic mass is 16.1. The molecule has 1 aromatic heterocycles. The molecule has 0 unspecified atom stereocenters. The number of Topliss-reactive ketones (excluding diaryl/α,β-unsaturated/α-hetero) is 1. The zero-order valence-electron chi connectivity index (χ0n) is 18.0. The predicted octanol–water partition coefficient (Wildman–Crippen LogP) is 4.58. The number of hydrogen-bond acceptors (Lipinski definition) is 5. The molecule has 1 saturated carbocycles. The molecule has 30 heavy (non-hydrogen) atoms. The Labute approximate surface area is 179 Å². The third-order valence-corrected chi connectivity index (χ3v) is 7.82. The number of carbonyl (C=O) groups excluding carboxylic acids is 1. The van der Waals surface area contributed by atoms with E-state index in [0.29, 0.717) is 5.41 Å². The summed E-state index contributed by atoms with van der Waals surface area (Å²) in [6.45, 7) is 6.33. The average molecular weight is 405 g/mol. The van der Waals surface area contributed by atoms with Crippen LogP contribution in [-0.2, 0) is 0 Å². The van der Waals surface area contributed by atoms with Crippen molar-refractivity contribution in [3.05, 3.63) is 42.2 Å². The molecule has 2 saturated heterocycles. The second-order valence-corrected chi connectivity index (χ2v) is 9.51. The van der Waals surface area contributed by atoms with Crippen molar-refractivity contribution in [2.24, 2.45) is 5.41 Å². The van der Waals surface area contributed by atoms with Crippen LogP contribution in [0.15, 0.2) is 36.7 Å². The van der Waals surface area contributed by atoms with Gasteiger partial charge in [0.1, 0.15) is 0 Å². The first-order valence-corrected chi connectivity index (χ1v) is 11.5. The first-order valence-electron chi connectivity index (χ1n) is 11.5. The van der Waals surface area contributed by atoms with Gasteiger partial charge in [-0.05, 0) is 69.5 Å². The zero-order chi connectivity index (χ0) is 20.6. The van der Waals surface area contributed by atoms with Crippen LogP contribution in [0.4, 0.5) is 5.95 Å². The van der Waals surface area contributed by atoms with Crippen molar-refractivity contribution in [2.45, 2.75) is 57.9 Å². The summed E-state index contributed by atoms with van der Waals surface area (Å²) in [5.41, 5.74) is 3.32. The number of nitrogens with zero attached hydrogens (tertiary/aromatic N) is 4. The summed E-state index contributed by atoms with van der Waals surface area (Å²) in [5.74, 6) is 0.936. The summed E-state index contributed by atoms with van der Waals surface area (Å²) in [4.78, 5) is 25.9. The molecule has 5 rings (SSSR count). The normalized spacial score (nSPS) is 22.1. The molecule has 5 heteroatoms. The Morgan fingerprint density at radius 2 is 1.50 bits per heavy atom. The number of anilines is 1. The third kappa shape index (κ3) is 3.87. The van der Waals surface area contributed by atoms with E-state index in [2.05, 4.69) is 19.8 Å². The number of piperidine rings is 2. The highest BCUT2D eigenvalue weighted by Gasteiger charge is 2.40. The van der Waals surface area contributed by atoms with Crippen LogP contribution in [-0.4, -0.2) is 52.9 Å². The summed E-state index contributed by atoms with van der Waals surface area (Å²) in [7, 11) is 0. The van der Waals surface area contributed by atoms with Crippen molar-refractivity contribution in [1.82, 2.24) is 14.9 Å². The minimum absolute atomic E-state index is 0.0877. The van der Waals surface area contributed by atoms with Gasteiger partial charge in [-0.2, -0.15) is 0 Å². The monoisotopic (exact) mass is 404 g/mol. The molecule has 2 aliphatic heterocycles. The fraction of sp³-hybridized carbons (Fsp3) is 0.560. The maximum absolute atomic E-state index is 11.5. The number of rotatable bonds is 4. The lowest BCUT2D eigenvalue weighted by atomic mass is 9.70. The smallest absolute Gasteiger partial charge is 0.225 e. The Morgan fingerprint density at radius 3 is 2.03 bits per heavy atom. The molecule has 0 bridgehead atoms. The summed E-state index contributed by atoms with van der Waals surface area (Å²) >= 11 is 0. The molecule has 0 atom stereocenters. The second-order valence-electron chi connectivity index (χ2n) is 9.51. The highest BCUT2D eigenvalue weighted by molar-refractivity contribution is 5.94. The van der Waals surface area contributed by atoms with Crippen LogP contribution in [0, 0.1) is 5.41 Å². The van der Waals surface area contributed by atoms with Crippen LogP contribution < -0.4 is 4.90 Å². The standard InChI is InChI=1S/C25H32N4O/c1-19(30)20-5-7-21(8-6-20)22-17-26-24(27-18-22)29-15-11-25(12-16-29)9-13-28(14-10-25)23-3-2-4-23/h5-8,17-18,23H,2-4,9-16H2,1H3. The minimum atomic E-state index is 0.0877. The zero-order valence-corrected chi connectivity index (χ0v) is 18.0. The van der Waals surface area contributed by atoms with E-state index in [4.69, 9.17) is 0 Å². The maximum atomic E-state index is 11.5. The van der Waals surface area contributed by atoms with Crippen LogP contribution in [0.25, 0.3) is 11.1 Å². The number of hydrogen-bond donors (Lipinski definition) is 0. The lowest BCUT2D eigenvalue weighted by Crippen LogP contribution is -2.51. The van der Waals surface area contributed by atoms with Gasteiger partial charge in [-0.15, -0.1) is 0 Å². The Balaban J connectivity index is 1.18. The SMILES string of the molecule is CC(=O)c1ccc(-c2cnc(N3CCC4(CC3)CCN(C3CCC3)CC4)nc2)cc1. The van der Waals surface area contributed by atoms with Crippen molar-refractivity contribution in [3.8, 4) is 11.1 Å². The van der Waals surface area contributed by atoms with Crippen molar-refractivity contribution in [2.75, 3.05) is 31.1 Å². The van der Waals surface area contributed by atoms with Gasteiger partial charge < -0.3 is 9.80 Å². The molecule has 3 aliphatic rings. The molecule has 3 fully saturated rings. The van der Waals surface area contributed by atoms with Crippen LogP contribution in [0.2, 0.25) is 0 Å². The minimum Gasteiger partial charge on any atom is -0.341 e. The quantitative estimate of drug-likeness (QED) is 0.698. The number of ketones is 1. The van der Waals surface area contributed by atoms with E-state index < -0.39 is 0 Å². The summed E-state index contributed by atoms with van der Waals surface area (Å²) in [5, 5.41) is 0. The molecule has 2 aromatic rings. The molecule has 1 aromatic carbocycles. The Bertz CT molecular complexity index is 870. The Morgan fingerprint density at radius 1 is 0.900 bits per heavy atom. The second kappa shape index (κ2) is 8.10. The molecule has 0 radical (unpaired) electrons. The van der Waals surface area contributed by atoms with E-state index in [1.807, 2.05) is 36.7 Å². The fourth-order valence-electron chi connectivity index (χ4n) is 5.33. The van der Waals surface area contributed by atoms with Crippen LogP contribution in [0.3, 0.4) is 0 Å². The number of aromatic nitrogens is 2. The van der Waals surface area contributed by atoms with Gasteiger partial charge in [-0.1, -0.05) is 30.7 Å². The molecule has 158 valence electrons.